The van der Waals surface area contributed by atoms with Gasteiger partial charge in [0.25, 0.3) is 0 Å². The summed E-state index contributed by atoms with van der Waals surface area (Å²) in [5, 5.41) is 0. The first-order valence-corrected chi connectivity index (χ1v) is 9.46. The van der Waals surface area contributed by atoms with Crippen molar-refractivity contribution in [2.24, 2.45) is 0 Å². The summed E-state index contributed by atoms with van der Waals surface area (Å²) in [6.45, 7) is 4.77. The number of likely N-dealkylation sites (tertiary alicyclic amines) is 2. The molecule has 0 radical (unpaired) electrons. The number of nitrogens with zero attached hydrogens (tertiary/aromatic N) is 2. The van der Waals surface area contributed by atoms with Crippen LogP contribution in [0.2, 0.25) is 0 Å². The average Bonchev–Trinajstić information content (AvgIpc) is 3.08. The van der Waals surface area contributed by atoms with Gasteiger partial charge in [-0.2, -0.15) is 0 Å². The molecule has 1 aromatic rings. The lowest BCUT2D eigenvalue weighted by Gasteiger charge is -2.47. The largest absolute Gasteiger partial charge is 0.497 e. The second-order valence-electron chi connectivity index (χ2n) is 7.72. The highest BCUT2D eigenvalue weighted by atomic mass is 16.5. The quantitative estimate of drug-likeness (QED) is 0.839. The first kappa shape index (κ1) is 16.9. The van der Waals surface area contributed by atoms with Crippen molar-refractivity contribution in [3.8, 4) is 5.75 Å². The van der Waals surface area contributed by atoms with E-state index in [2.05, 4.69) is 4.90 Å². The molecule has 5 heteroatoms. The number of ether oxygens (including phenoxy) is 2. The third kappa shape index (κ3) is 3.53. The van der Waals surface area contributed by atoms with Crippen LogP contribution in [0.3, 0.4) is 0 Å². The summed E-state index contributed by atoms with van der Waals surface area (Å²) >= 11 is 0. The number of hydrogen-bond donors (Lipinski definition) is 0. The topological polar surface area (TPSA) is 42.0 Å². The smallest absolute Gasteiger partial charge is 0.227 e. The highest BCUT2D eigenvalue weighted by molar-refractivity contribution is 5.80. The van der Waals surface area contributed by atoms with Gasteiger partial charge >= 0.3 is 0 Å². The average molecular weight is 344 g/mol. The zero-order valence-corrected chi connectivity index (χ0v) is 15.1. The molecule has 1 spiro atoms. The molecule has 0 N–H and O–H groups in total. The molecule has 136 valence electrons. The normalized spacial score (nSPS) is 25.8. The summed E-state index contributed by atoms with van der Waals surface area (Å²) < 4.78 is 11.3. The molecule has 0 aromatic heterocycles. The maximum Gasteiger partial charge on any atom is 0.227 e. The molecule has 5 nitrogen and oxygen atoms in total. The van der Waals surface area contributed by atoms with Gasteiger partial charge in [-0.1, -0.05) is 18.6 Å². The van der Waals surface area contributed by atoms with Gasteiger partial charge in [-0.25, -0.2) is 0 Å². The van der Waals surface area contributed by atoms with Crippen molar-refractivity contribution in [1.29, 1.82) is 0 Å². The van der Waals surface area contributed by atoms with Gasteiger partial charge in [-0.15, -0.1) is 0 Å². The maximum atomic E-state index is 12.5. The van der Waals surface area contributed by atoms with Gasteiger partial charge in [0.15, 0.2) is 0 Å². The Morgan fingerprint density at radius 1 is 1.20 bits per heavy atom. The van der Waals surface area contributed by atoms with Crippen LogP contribution in [0, 0.1) is 0 Å². The SMILES string of the molecule is COc1ccc(CC(=O)N2CC3(C[C@H](N4CCCCC4)CO3)C2)cc1. The molecule has 0 bridgehead atoms. The van der Waals surface area contributed by atoms with E-state index in [1.54, 1.807) is 7.11 Å². The Balaban J connectivity index is 1.27. The summed E-state index contributed by atoms with van der Waals surface area (Å²) in [5.41, 5.74) is 0.961. The highest BCUT2D eigenvalue weighted by Gasteiger charge is 2.52. The van der Waals surface area contributed by atoms with Crippen LogP contribution < -0.4 is 4.74 Å². The molecule has 1 aromatic carbocycles. The minimum absolute atomic E-state index is 0.0717. The van der Waals surface area contributed by atoms with Crippen LogP contribution in [0.5, 0.6) is 5.75 Å². The second kappa shape index (κ2) is 6.96. The Morgan fingerprint density at radius 3 is 2.60 bits per heavy atom. The molecule has 1 amide bonds. The lowest BCUT2D eigenvalue weighted by atomic mass is 9.88. The molecule has 3 aliphatic heterocycles. The van der Waals surface area contributed by atoms with E-state index in [0.29, 0.717) is 12.5 Å². The predicted molar refractivity (Wildman–Crippen MR) is 95.8 cm³/mol. The first-order valence-electron chi connectivity index (χ1n) is 9.46. The van der Waals surface area contributed by atoms with Crippen LogP contribution in [0.4, 0.5) is 0 Å². The molecule has 4 rings (SSSR count). The first-order chi connectivity index (χ1) is 12.2. The third-order valence-corrected chi connectivity index (χ3v) is 5.92. The van der Waals surface area contributed by atoms with Crippen LogP contribution in [-0.4, -0.2) is 67.2 Å². The summed E-state index contributed by atoms with van der Waals surface area (Å²) in [6.07, 6.45) is 5.53. The predicted octanol–water partition coefficient (Wildman–Crippen LogP) is 2.09. The Morgan fingerprint density at radius 2 is 1.92 bits per heavy atom. The molecule has 25 heavy (non-hydrogen) atoms. The van der Waals surface area contributed by atoms with Crippen LogP contribution in [0.15, 0.2) is 24.3 Å². The number of methoxy groups -OCH3 is 1. The summed E-state index contributed by atoms with van der Waals surface area (Å²) in [4.78, 5) is 17.0. The Hall–Kier alpha value is -1.59. The summed E-state index contributed by atoms with van der Waals surface area (Å²) in [5.74, 6) is 1.02. The van der Waals surface area contributed by atoms with Crippen molar-refractivity contribution >= 4 is 5.91 Å². The molecule has 3 aliphatic rings. The molecule has 3 heterocycles. The van der Waals surface area contributed by atoms with Crippen molar-refractivity contribution in [2.75, 3.05) is 39.9 Å². The number of carbonyl (C=O) groups is 1. The van der Waals surface area contributed by atoms with Gasteiger partial charge in [-0.3, -0.25) is 9.69 Å². The molecule has 3 fully saturated rings. The molecule has 0 unspecified atom stereocenters. The molecule has 0 saturated carbocycles. The fourth-order valence-electron chi connectivity index (χ4n) is 4.41. The number of hydrogen-bond acceptors (Lipinski definition) is 4. The fourth-order valence-corrected chi connectivity index (χ4v) is 4.41. The standard InChI is InChI=1S/C20H28N2O3/c1-24-18-7-5-16(6-8-18)11-19(23)22-14-20(15-22)12-17(13-25-20)21-9-3-2-4-10-21/h5-8,17H,2-4,9-15H2,1H3/t17-/m0/s1. The fraction of sp³-hybridized carbons (Fsp3) is 0.650. The zero-order valence-electron chi connectivity index (χ0n) is 15.1. The van der Waals surface area contributed by atoms with Gasteiger partial charge in [-0.05, 0) is 50.0 Å². The van der Waals surface area contributed by atoms with E-state index in [9.17, 15) is 4.79 Å². The van der Waals surface area contributed by atoms with Crippen LogP contribution in [0.25, 0.3) is 0 Å². The molecule has 3 saturated heterocycles. The van der Waals surface area contributed by atoms with Crippen LogP contribution >= 0.6 is 0 Å². The van der Waals surface area contributed by atoms with Crippen molar-refractivity contribution in [3.63, 3.8) is 0 Å². The third-order valence-electron chi connectivity index (χ3n) is 5.92. The Labute approximate surface area is 149 Å². The maximum absolute atomic E-state index is 12.5. The summed E-state index contributed by atoms with van der Waals surface area (Å²) in [7, 11) is 1.65. The minimum atomic E-state index is -0.0717. The number of amides is 1. The minimum Gasteiger partial charge on any atom is -0.497 e. The lowest BCUT2D eigenvalue weighted by molar-refractivity contribution is -0.157. The van der Waals surface area contributed by atoms with E-state index in [0.717, 1.165) is 37.4 Å². The van der Waals surface area contributed by atoms with Crippen LogP contribution in [-0.2, 0) is 16.0 Å². The molecular weight excluding hydrogens is 316 g/mol. The van der Waals surface area contributed by atoms with Gasteiger partial charge in [0.1, 0.15) is 11.4 Å². The van der Waals surface area contributed by atoms with Crippen molar-refractivity contribution in [3.05, 3.63) is 29.8 Å². The van der Waals surface area contributed by atoms with E-state index in [1.807, 2.05) is 29.2 Å². The monoisotopic (exact) mass is 344 g/mol. The highest BCUT2D eigenvalue weighted by Crippen LogP contribution is 2.37. The molecule has 1 atom stereocenters. The second-order valence-corrected chi connectivity index (χ2v) is 7.72. The van der Waals surface area contributed by atoms with Gasteiger partial charge in [0, 0.05) is 6.04 Å². The summed E-state index contributed by atoms with van der Waals surface area (Å²) in [6, 6.07) is 8.29. The molecule has 0 aliphatic carbocycles. The van der Waals surface area contributed by atoms with Crippen molar-refractivity contribution in [2.45, 2.75) is 43.7 Å². The van der Waals surface area contributed by atoms with Gasteiger partial charge < -0.3 is 14.4 Å². The number of rotatable bonds is 4. The van der Waals surface area contributed by atoms with E-state index in [-0.39, 0.29) is 11.5 Å². The van der Waals surface area contributed by atoms with E-state index >= 15 is 0 Å². The van der Waals surface area contributed by atoms with Crippen LogP contribution in [0.1, 0.15) is 31.2 Å². The lowest BCUT2D eigenvalue weighted by Crippen LogP contribution is -2.63. The Kier molecular flexibility index (Phi) is 4.69. The zero-order chi connectivity index (χ0) is 17.3. The van der Waals surface area contributed by atoms with Gasteiger partial charge in [0.05, 0.1) is 33.2 Å². The Bertz CT molecular complexity index is 604. The number of benzene rings is 1. The number of carbonyl (C=O) groups excluding carboxylic acids is 1. The van der Waals surface area contributed by atoms with E-state index in [1.165, 1.54) is 32.4 Å². The number of piperidine rings is 1. The van der Waals surface area contributed by atoms with Crippen molar-refractivity contribution in [1.82, 2.24) is 9.80 Å². The van der Waals surface area contributed by atoms with E-state index in [4.69, 9.17) is 9.47 Å². The van der Waals surface area contributed by atoms with Gasteiger partial charge in [0.2, 0.25) is 5.91 Å². The molecular formula is C20H28N2O3. The van der Waals surface area contributed by atoms with E-state index < -0.39 is 0 Å². The van der Waals surface area contributed by atoms with Crippen molar-refractivity contribution < 1.29 is 14.3 Å².